The maximum absolute atomic E-state index is 6.20. The lowest BCUT2D eigenvalue weighted by atomic mass is 9.97. The fourth-order valence-electron chi connectivity index (χ4n) is 3.41. The van der Waals surface area contributed by atoms with Crippen LogP contribution in [0.25, 0.3) is 10.9 Å². The number of rotatable bonds is 5. The molecule has 0 atom stereocenters. The lowest BCUT2D eigenvalue weighted by Gasteiger charge is -2.29. The summed E-state index contributed by atoms with van der Waals surface area (Å²) in [5.41, 5.74) is 3.46. The van der Waals surface area contributed by atoms with Gasteiger partial charge < -0.3 is 14.4 Å². The van der Waals surface area contributed by atoms with Gasteiger partial charge in [0.25, 0.3) is 0 Å². The standard InChI is InChI=1S/C20H28N2O2/c1-14(2)18-5-8-21-20-15(11-17(23-4)12-19(18)20)13-24-16-6-9-22(3)10-7-16/h5,8,11-12,14,16H,6-7,9-10,13H2,1-4H3. The minimum absolute atomic E-state index is 0.343. The normalized spacial score (nSPS) is 16.9. The van der Waals surface area contributed by atoms with Gasteiger partial charge in [-0.15, -0.1) is 0 Å². The van der Waals surface area contributed by atoms with Gasteiger partial charge >= 0.3 is 0 Å². The molecule has 4 heteroatoms. The number of benzene rings is 1. The number of fused-ring (bicyclic) bond motifs is 1. The molecule has 0 bridgehead atoms. The van der Waals surface area contributed by atoms with Crippen LogP contribution in [0.2, 0.25) is 0 Å². The van der Waals surface area contributed by atoms with Crippen LogP contribution in [0.15, 0.2) is 24.4 Å². The predicted octanol–water partition coefficient (Wildman–Crippen LogP) is 3.98. The van der Waals surface area contributed by atoms with Crippen LogP contribution < -0.4 is 4.74 Å². The maximum atomic E-state index is 6.20. The van der Waals surface area contributed by atoms with Gasteiger partial charge in [-0.2, -0.15) is 0 Å². The molecule has 130 valence electrons. The van der Waals surface area contributed by atoms with Crippen molar-refractivity contribution in [2.45, 2.75) is 45.3 Å². The number of aromatic nitrogens is 1. The van der Waals surface area contributed by atoms with Crippen molar-refractivity contribution >= 4 is 10.9 Å². The molecule has 1 aromatic carbocycles. The van der Waals surface area contributed by atoms with E-state index in [9.17, 15) is 0 Å². The van der Waals surface area contributed by atoms with Gasteiger partial charge in [0.2, 0.25) is 0 Å². The molecule has 1 fully saturated rings. The second kappa shape index (κ2) is 7.49. The predicted molar refractivity (Wildman–Crippen MR) is 97.7 cm³/mol. The summed E-state index contributed by atoms with van der Waals surface area (Å²) in [4.78, 5) is 6.99. The average Bonchev–Trinajstić information content (AvgIpc) is 2.60. The van der Waals surface area contributed by atoms with Crippen LogP contribution in [0.5, 0.6) is 5.75 Å². The summed E-state index contributed by atoms with van der Waals surface area (Å²) in [7, 11) is 3.89. The third-order valence-corrected chi connectivity index (χ3v) is 4.93. The van der Waals surface area contributed by atoms with Crippen LogP contribution in [-0.2, 0) is 11.3 Å². The van der Waals surface area contributed by atoms with Crippen LogP contribution in [0.3, 0.4) is 0 Å². The monoisotopic (exact) mass is 328 g/mol. The molecule has 1 saturated heterocycles. The van der Waals surface area contributed by atoms with Crippen LogP contribution in [0, 0.1) is 0 Å². The van der Waals surface area contributed by atoms with Crippen molar-refractivity contribution in [3.05, 3.63) is 35.5 Å². The first kappa shape index (κ1) is 17.2. The Morgan fingerprint density at radius 1 is 1.25 bits per heavy atom. The molecule has 0 radical (unpaired) electrons. The number of methoxy groups -OCH3 is 1. The molecular formula is C20H28N2O2. The summed E-state index contributed by atoms with van der Waals surface area (Å²) in [5, 5.41) is 1.17. The highest BCUT2D eigenvalue weighted by Crippen LogP contribution is 2.31. The summed E-state index contributed by atoms with van der Waals surface area (Å²) in [6, 6.07) is 6.26. The van der Waals surface area contributed by atoms with Crippen molar-refractivity contribution in [1.82, 2.24) is 9.88 Å². The molecule has 2 heterocycles. The molecular weight excluding hydrogens is 300 g/mol. The quantitative estimate of drug-likeness (QED) is 0.831. The first-order valence-corrected chi connectivity index (χ1v) is 8.84. The number of pyridine rings is 1. The SMILES string of the molecule is COc1cc(COC2CCN(C)CC2)c2nccc(C(C)C)c2c1. The van der Waals surface area contributed by atoms with E-state index in [4.69, 9.17) is 9.47 Å². The van der Waals surface area contributed by atoms with Crippen LogP contribution in [0.4, 0.5) is 0 Å². The number of nitrogens with zero attached hydrogens (tertiary/aromatic N) is 2. The third-order valence-electron chi connectivity index (χ3n) is 4.93. The van der Waals surface area contributed by atoms with E-state index in [1.54, 1.807) is 7.11 Å². The topological polar surface area (TPSA) is 34.6 Å². The molecule has 0 amide bonds. The number of hydrogen-bond donors (Lipinski definition) is 0. The van der Waals surface area contributed by atoms with E-state index in [-0.39, 0.29) is 0 Å². The van der Waals surface area contributed by atoms with Gasteiger partial charge in [-0.1, -0.05) is 13.8 Å². The van der Waals surface area contributed by atoms with Gasteiger partial charge in [0.05, 0.1) is 25.3 Å². The first-order valence-electron chi connectivity index (χ1n) is 8.84. The zero-order chi connectivity index (χ0) is 17.1. The van der Waals surface area contributed by atoms with Gasteiger partial charge in [0.15, 0.2) is 0 Å². The van der Waals surface area contributed by atoms with Gasteiger partial charge in [-0.25, -0.2) is 0 Å². The highest BCUT2D eigenvalue weighted by Gasteiger charge is 2.18. The van der Waals surface area contributed by atoms with Crippen LogP contribution in [0.1, 0.15) is 43.7 Å². The summed E-state index contributed by atoms with van der Waals surface area (Å²) < 4.78 is 11.7. The maximum Gasteiger partial charge on any atom is 0.119 e. The number of likely N-dealkylation sites (tertiary alicyclic amines) is 1. The largest absolute Gasteiger partial charge is 0.497 e. The van der Waals surface area contributed by atoms with E-state index in [1.807, 2.05) is 6.20 Å². The summed E-state index contributed by atoms with van der Waals surface area (Å²) in [6.07, 6.45) is 4.45. The number of piperidine rings is 1. The van der Waals surface area contributed by atoms with E-state index in [1.165, 1.54) is 10.9 Å². The van der Waals surface area contributed by atoms with Crippen molar-refractivity contribution in [2.24, 2.45) is 0 Å². The van der Waals surface area contributed by atoms with Crippen LogP contribution in [-0.4, -0.2) is 43.2 Å². The van der Waals surface area contributed by atoms with E-state index in [0.29, 0.717) is 18.6 Å². The Bertz CT molecular complexity index is 691. The Kier molecular flexibility index (Phi) is 5.36. The van der Waals surface area contributed by atoms with E-state index in [2.05, 4.69) is 49.0 Å². The lowest BCUT2D eigenvalue weighted by Crippen LogP contribution is -2.34. The van der Waals surface area contributed by atoms with Gasteiger partial charge in [0.1, 0.15) is 5.75 Å². The Balaban J connectivity index is 1.87. The Morgan fingerprint density at radius 2 is 2.00 bits per heavy atom. The van der Waals surface area contributed by atoms with Crippen molar-refractivity contribution in [2.75, 3.05) is 27.2 Å². The molecule has 3 rings (SSSR count). The Hall–Kier alpha value is -1.65. The smallest absolute Gasteiger partial charge is 0.119 e. The van der Waals surface area contributed by atoms with E-state index < -0.39 is 0 Å². The molecule has 0 unspecified atom stereocenters. The lowest BCUT2D eigenvalue weighted by molar-refractivity contribution is 0.00250. The molecule has 24 heavy (non-hydrogen) atoms. The Morgan fingerprint density at radius 3 is 2.67 bits per heavy atom. The summed E-state index contributed by atoms with van der Waals surface area (Å²) in [6.45, 7) is 7.24. The molecule has 4 nitrogen and oxygen atoms in total. The number of ether oxygens (including phenoxy) is 2. The zero-order valence-electron chi connectivity index (χ0n) is 15.2. The summed E-state index contributed by atoms with van der Waals surface area (Å²) in [5.74, 6) is 1.32. The number of hydrogen-bond acceptors (Lipinski definition) is 4. The van der Waals surface area contributed by atoms with E-state index >= 15 is 0 Å². The molecule has 2 aromatic rings. The third kappa shape index (κ3) is 3.70. The highest BCUT2D eigenvalue weighted by atomic mass is 16.5. The molecule has 1 aliphatic heterocycles. The second-order valence-electron chi connectivity index (χ2n) is 7.05. The summed E-state index contributed by atoms with van der Waals surface area (Å²) >= 11 is 0. The fraction of sp³-hybridized carbons (Fsp3) is 0.550. The van der Waals surface area contributed by atoms with Gasteiger partial charge in [-0.3, -0.25) is 4.98 Å². The van der Waals surface area contributed by atoms with Crippen molar-refractivity contribution < 1.29 is 9.47 Å². The van der Waals surface area contributed by atoms with Crippen molar-refractivity contribution in [3.63, 3.8) is 0 Å². The van der Waals surface area contributed by atoms with Gasteiger partial charge in [-0.05, 0) is 49.6 Å². The molecule has 1 aromatic heterocycles. The minimum atomic E-state index is 0.343. The highest BCUT2D eigenvalue weighted by molar-refractivity contribution is 5.86. The average molecular weight is 328 g/mol. The van der Waals surface area contributed by atoms with Gasteiger partial charge in [0, 0.05) is 30.2 Å². The second-order valence-corrected chi connectivity index (χ2v) is 7.05. The zero-order valence-corrected chi connectivity index (χ0v) is 15.2. The Labute approximate surface area is 144 Å². The molecule has 0 N–H and O–H groups in total. The van der Waals surface area contributed by atoms with E-state index in [0.717, 1.165) is 42.8 Å². The first-order chi connectivity index (χ1) is 11.6. The van der Waals surface area contributed by atoms with Crippen molar-refractivity contribution in [3.8, 4) is 5.75 Å². The molecule has 1 aliphatic rings. The van der Waals surface area contributed by atoms with Crippen LogP contribution >= 0.6 is 0 Å². The molecule has 0 saturated carbocycles. The molecule has 0 spiro atoms. The van der Waals surface area contributed by atoms with Crippen molar-refractivity contribution in [1.29, 1.82) is 0 Å². The minimum Gasteiger partial charge on any atom is -0.497 e. The molecule has 0 aliphatic carbocycles. The fourth-order valence-corrected chi connectivity index (χ4v) is 3.41.